The number of hydrogen-bond acceptors (Lipinski definition) is 4. The zero-order chi connectivity index (χ0) is 14.4. The fourth-order valence-electron chi connectivity index (χ4n) is 2.05. The number of carbonyl (C=O) groups is 2. The highest BCUT2D eigenvalue weighted by Gasteiger charge is 2.43. The topological polar surface area (TPSA) is 89.4 Å². The monoisotopic (exact) mass is 293 g/mol. The molecule has 1 aliphatic heterocycles. The lowest BCUT2D eigenvalue weighted by Gasteiger charge is -2.27. The first kappa shape index (κ1) is 13.7. The molecule has 1 aliphatic rings. The predicted molar refractivity (Wildman–Crippen MR) is 62.4 cm³/mol. The molecule has 0 saturated heterocycles. The summed E-state index contributed by atoms with van der Waals surface area (Å²) in [5.74, 6) is -2.59. The average Bonchev–Trinajstić information content (AvgIpc) is 2.61. The lowest BCUT2D eigenvalue weighted by atomic mass is 10.0. The summed E-state index contributed by atoms with van der Waals surface area (Å²) in [5.41, 5.74) is 11.5. The molecule has 0 bridgehead atoms. The molecule has 4 N–H and O–H groups in total. The van der Waals surface area contributed by atoms with E-state index in [0.717, 1.165) is 11.3 Å². The Morgan fingerprint density at radius 3 is 2.47 bits per heavy atom. The van der Waals surface area contributed by atoms with Crippen molar-refractivity contribution >= 4 is 28.2 Å². The molecule has 0 radical (unpaired) electrons. The number of nitrogens with zero attached hydrogens (tertiary/aromatic N) is 1. The van der Waals surface area contributed by atoms with Crippen LogP contribution in [0.4, 0.5) is 18.2 Å². The summed E-state index contributed by atoms with van der Waals surface area (Å²) in [6.07, 6.45) is -4.75. The molecule has 2 rings (SSSR count). The number of anilines is 1. The summed E-state index contributed by atoms with van der Waals surface area (Å²) in [6.45, 7) is -0.308. The highest BCUT2D eigenvalue weighted by molar-refractivity contribution is 7.16. The van der Waals surface area contributed by atoms with Gasteiger partial charge in [-0.3, -0.25) is 9.59 Å². The number of alkyl halides is 3. The van der Waals surface area contributed by atoms with Crippen LogP contribution in [0.2, 0.25) is 0 Å². The number of amides is 2. The van der Waals surface area contributed by atoms with Crippen LogP contribution in [0.3, 0.4) is 0 Å². The maximum atomic E-state index is 12.3. The van der Waals surface area contributed by atoms with E-state index in [1.807, 2.05) is 0 Å². The van der Waals surface area contributed by atoms with E-state index in [4.69, 9.17) is 11.5 Å². The van der Waals surface area contributed by atoms with Crippen LogP contribution in [0.25, 0.3) is 0 Å². The lowest BCUT2D eigenvalue weighted by Crippen LogP contribution is -2.43. The Hall–Kier alpha value is -1.77. The molecule has 2 amide bonds. The molecular weight excluding hydrogens is 283 g/mol. The van der Waals surface area contributed by atoms with Gasteiger partial charge in [0.05, 0.1) is 17.1 Å². The van der Waals surface area contributed by atoms with E-state index >= 15 is 0 Å². The average molecular weight is 293 g/mol. The van der Waals surface area contributed by atoms with Crippen LogP contribution in [-0.2, 0) is 17.8 Å². The standard InChI is InChI=1S/C10H10F3N3O2S/c11-10(12,13)9(18)16-2-1-4-5(3-16)19-8(15)6(4)7(14)17/h1-3,15H2,(H2,14,17). The van der Waals surface area contributed by atoms with Crippen LogP contribution in [0.5, 0.6) is 0 Å². The van der Waals surface area contributed by atoms with E-state index in [9.17, 15) is 22.8 Å². The van der Waals surface area contributed by atoms with Crippen molar-refractivity contribution in [2.75, 3.05) is 12.3 Å². The maximum Gasteiger partial charge on any atom is 0.471 e. The normalized spacial score (nSPS) is 15.2. The number of thiophene rings is 1. The van der Waals surface area contributed by atoms with Crippen molar-refractivity contribution in [2.45, 2.75) is 19.1 Å². The first-order chi connectivity index (χ1) is 8.71. The molecule has 1 aromatic rings. The van der Waals surface area contributed by atoms with Gasteiger partial charge in [0, 0.05) is 11.4 Å². The number of nitrogen functional groups attached to an aromatic ring is 1. The molecule has 0 spiro atoms. The Morgan fingerprint density at radius 1 is 1.32 bits per heavy atom. The minimum atomic E-state index is -4.90. The van der Waals surface area contributed by atoms with Crippen LogP contribution < -0.4 is 11.5 Å². The third-order valence-corrected chi connectivity index (χ3v) is 3.91. The second kappa shape index (κ2) is 4.41. The lowest BCUT2D eigenvalue weighted by molar-refractivity contribution is -0.186. The Morgan fingerprint density at radius 2 is 1.95 bits per heavy atom. The second-order valence-electron chi connectivity index (χ2n) is 4.08. The number of halogens is 3. The van der Waals surface area contributed by atoms with Gasteiger partial charge in [-0.15, -0.1) is 11.3 Å². The summed E-state index contributed by atoms with van der Waals surface area (Å²) >= 11 is 0.993. The highest BCUT2D eigenvalue weighted by Crippen LogP contribution is 2.35. The molecule has 0 fully saturated rings. The molecule has 2 heterocycles. The van der Waals surface area contributed by atoms with Gasteiger partial charge < -0.3 is 16.4 Å². The number of rotatable bonds is 1. The highest BCUT2D eigenvalue weighted by atomic mass is 32.1. The van der Waals surface area contributed by atoms with Crippen molar-refractivity contribution in [2.24, 2.45) is 5.73 Å². The van der Waals surface area contributed by atoms with Crippen LogP contribution in [0.15, 0.2) is 0 Å². The van der Waals surface area contributed by atoms with E-state index in [1.54, 1.807) is 0 Å². The zero-order valence-electron chi connectivity index (χ0n) is 9.58. The molecule has 0 saturated carbocycles. The van der Waals surface area contributed by atoms with Gasteiger partial charge in [-0.05, 0) is 12.0 Å². The van der Waals surface area contributed by atoms with E-state index in [0.29, 0.717) is 15.3 Å². The quantitative estimate of drug-likeness (QED) is 0.805. The number of carbonyl (C=O) groups excluding carboxylic acids is 2. The molecule has 5 nitrogen and oxygen atoms in total. The van der Waals surface area contributed by atoms with E-state index in [2.05, 4.69) is 0 Å². The Labute approximate surface area is 110 Å². The van der Waals surface area contributed by atoms with Gasteiger partial charge >= 0.3 is 12.1 Å². The van der Waals surface area contributed by atoms with Crippen molar-refractivity contribution < 1.29 is 22.8 Å². The molecule has 19 heavy (non-hydrogen) atoms. The van der Waals surface area contributed by atoms with E-state index in [1.165, 1.54) is 0 Å². The number of hydrogen-bond donors (Lipinski definition) is 2. The maximum absolute atomic E-state index is 12.3. The molecule has 104 valence electrons. The molecule has 9 heteroatoms. The first-order valence-electron chi connectivity index (χ1n) is 5.27. The molecule has 0 aromatic carbocycles. The second-order valence-corrected chi connectivity index (χ2v) is 5.22. The minimum Gasteiger partial charge on any atom is -0.390 e. The van der Waals surface area contributed by atoms with Crippen molar-refractivity contribution in [1.29, 1.82) is 0 Å². The Balaban J connectivity index is 2.29. The zero-order valence-corrected chi connectivity index (χ0v) is 10.4. The van der Waals surface area contributed by atoms with Crippen molar-refractivity contribution in [1.82, 2.24) is 4.90 Å². The summed E-state index contributed by atoms with van der Waals surface area (Å²) in [4.78, 5) is 23.5. The third-order valence-electron chi connectivity index (χ3n) is 2.86. The molecule has 0 atom stereocenters. The van der Waals surface area contributed by atoms with Crippen LogP contribution in [-0.4, -0.2) is 29.4 Å². The number of primary amides is 1. The fraction of sp³-hybridized carbons (Fsp3) is 0.400. The van der Waals surface area contributed by atoms with Gasteiger partial charge in [0.15, 0.2) is 0 Å². The predicted octanol–water partition coefficient (Wildman–Crippen LogP) is 0.876. The third kappa shape index (κ3) is 2.37. The fourth-order valence-corrected chi connectivity index (χ4v) is 3.19. The van der Waals surface area contributed by atoms with Crippen molar-refractivity contribution in [3.8, 4) is 0 Å². The van der Waals surface area contributed by atoms with Gasteiger partial charge in [0.2, 0.25) is 0 Å². The largest absolute Gasteiger partial charge is 0.471 e. The number of nitrogens with two attached hydrogens (primary N) is 2. The smallest absolute Gasteiger partial charge is 0.390 e. The van der Waals surface area contributed by atoms with Gasteiger partial charge in [-0.25, -0.2) is 0 Å². The summed E-state index contributed by atoms with van der Waals surface area (Å²) in [5, 5.41) is 0.179. The first-order valence-corrected chi connectivity index (χ1v) is 6.09. The molecular formula is C10H10F3N3O2S. The molecule has 0 aliphatic carbocycles. The van der Waals surface area contributed by atoms with Gasteiger partial charge in [0.25, 0.3) is 5.91 Å². The summed E-state index contributed by atoms with van der Waals surface area (Å²) < 4.78 is 37.0. The van der Waals surface area contributed by atoms with Crippen molar-refractivity contribution in [3.63, 3.8) is 0 Å². The Kier molecular flexibility index (Phi) is 3.17. The van der Waals surface area contributed by atoms with Gasteiger partial charge in [-0.1, -0.05) is 0 Å². The minimum absolute atomic E-state index is 0.109. The van der Waals surface area contributed by atoms with Crippen LogP contribution in [0.1, 0.15) is 20.8 Å². The van der Waals surface area contributed by atoms with Gasteiger partial charge in [-0.2, -0.15) is 13.2 Å². The SMILES string of the molecule is NC(=O)c1c(N)sc2c1CCN(C(=O)C(F)(F)F)C2. The van der Waals surface area contributed by atoms with Gasteiger partial charge in [0.1, 0.15) is 0 Å². The van der Waals surface area contributed by atoms with E-state index in [-0.39, 0.29) is 30.1 Å². The van der Waals surface area contributed by atoms with E-state index < -0.39 is 18.0 Å². The molecule has 1 aromatic heterocycles. The van der Waals surface area contributed by atoms with Crippen LogP contribution >= 0.6 is 11.3 Å². The molecule has 0 unspecified atom stereocenters. The summed E-state index contributed by atoms with van der Waals surface area (Å²) in [6, 6.07) is 0. The summed E-state index contributed by atoms with van der Waals surface area (Å²) in [7, 11) is 0. The van der Waals surface area contributed by atoms with Crippen molar-refractivity contribution in [3.05, 3.63) is 16.0 Å². The van der Waals surface area contributed by atoms with Crippen LogP contribution in [0, 0.1) is 0 Å². The Bertz CT molecular complexity index is 553. The number of fused-ring (bicyclic) bond motifs is 1.